The van der Waals surface area contributed by atoms with Gasteiger partial charge >= 0.3 is 6.18 Å². The van der Waals surface area contributed by atoms with E-state index in [2.05, 4.69) is 55.4 Å². The van der Waals surface area contributed by atoms with Gasteiger partial charge in [0.1, 0.15) is 28.5 Å². The highest BCUT2D eigenvalue weighted by Crippen LogP contribution is 2.39. The van der Waals surface area contributed by atoms with Crippen LogP contribution in [0.25, 0.3) is 21.8 Å². The number of nitrogens with zero attached hydrogens (tertiary/aromatic N) is 10. The number of hydrogen-bond acceptors (Lipinski definition) is 18. The van der Waals surface area contributed by atoms with E-state index >= 15 is 0 Å². The molecule has 2 saturated heterocycles. The zero-order chi connectivity index (χ0) is 55.6. The lowest BCUT2D eigenvalue weighted by Crippen LogP contribution is -2.37. The summed E-state index contributed by atoms with van der Waals surface area (Å²) >= 11 is 0. The number of halogens is 3. The number of benzene rings is 2. The SMILES string of the molecule is COc1c(OCCCN2CCOCC2)ccc2c3n(c(=NC(=O)c4ccc(NC(=O)C5CC5)nc4)nc12)CCN3.COc1c(OCCCN2CCOCC2)ccc2c3n(c(=NC(=O)c4ccc(OCC(F)(F)F)nc4)nc12)CCN3. The maximum atomic E-state index is 13.1. The first-order chi connectivity index (χ1) is 38.9. The molecule has 3 amide bonds. The number of nitrogens with one attached hydrogen (secondary N) is 3. The maximum absolute atomic E-state index is 13.1. The quantitative estimate of drug-likeness (QED) is 0.0987. The van der Waals surface area contributed by atoms with Crippen LogP contribution in [0.3, 0.4) is 0 Å². The van der Waals surface area contributed by atoms with Gasteiger partial charge in [-0.25, -0.2) is 19.9 Å². The third-order valence-electron chi connectivity index (χ3n) is 13.8. The van der Waals surface area contributed by atoms with Crippen LogP contribution >= 0.6 is 0 Å². The molecule has 3 fully saturated rings. The number of methoxy groups -OCH3 is 2. The molecule has 4 aliphatic heterocycles. The number of rotatable bonds is 18. The highest BCUT2D eigenvalue weighted by atomic mass is 19.4. The Balaban J connectivity index is 0.000000180. The van der Waals surface area contributed by atoms with Crippen molar-refractivity contribution < 1.29 is 60.7 Å². The number of anilines is 3. The molecule has 5 aliphatic rings. The first kappa shape index (κ1) is 55.4. The molecule has 424 valence electrons. The number of amides is 3. The van der Waals surface area contributed by atoms with Crippen LogP contribution < -0.4 is 50.9 Å². The van der Waals surface area contributed by atoms with Crippen molar-refractivity contribution in [3.63, 3.8) is 0 Å². The van der Waals surface area contributed by atoms with Gasteiger partial charge in [0.2, 0.25) is 23.0 Å². The second kappa shape index (κ2) is 25.5. The van der Waals surface area contributed by atoms with Gasteiger partial charge in [-0.2, -0.15) is 23.2 Å². The monoisotopic (exact) mass is 1110 g/mol. The van der Waals surface area contributed by atoms with Gasteiger partial charge in [0.05, 0.1) is 65.0 Å². The smallest absolute Gasteiger partial charge is 0.422 e. The number of carbonyl (C=O) groups is 3. The van der Waals surface area contributed by atoms with E-state index in [1.54, 1.807) is 23.8 Å². The van der Waals surface area contributed by atoms with E-state index in [1.807, 2.05) is 28.8 Å². The molecule has 0 bridgehead atoms. The summed E-state index contributed by atoms with van der Waals surface area (Å²) in [6.45, 7) is 10.6. The van der Waals surface area contributed by atoms with Gasteiger partial charge in [-0.15, -0.1) is 0 Å². The van der Waals surface area contributed by atoms with Crippen molar-refractivity contribution >= 4 is 57.0 Å². The Kier molecular flexibility index (Phi) is 17.6. The largest absolute Gasteiger partial charge is 0.491 e. The standard InChI is InChI=1S/C28H33N7O5.C26H29F3N6O5/c1-38-24-21(40-14-2-10-34-12-15-39-16-13-34)7-6-20-23(24)32-28(35-11-9-29-25(20)35)33-27(37)19-5-8-22(30-17-19)31-26(36)18-3-4-18;1-37-22-19(39-12-2-8-34-10-13-38-14-11-34)5-4-18-21(22)32-25(35-9-7-30-23(18)35)33-24(36)17-3-6-20(31-15-17)40-16-26(27,28)29/h5-8,17-18,29H,2-4,9-16H2,1H3,(H,30,31,36);3-6,15,30H,2,7-14,16H2,1H3. The number of ether oxygens (including phenoxy) is 7. The normalized spacial score (nSPS) is 16.7. The Morgan fingerprint density at radius 2 is 1.16 bits per heavy atom. The minimum Gasteiger partial charge on any atom is -0.491 e. The molecule has 23 nitrogen and oxygen atoms in total. The molecule has 1 aliphatic carbocycles. The molecule has 3 N–H and O–H groups in total. The minimum absolute atomic E-state index is 0.0366. The number of fused-ring (bicyclic) bond motifs is 6. The fourth-order valence-corrected chi connectivity index (χ4v) is 9.51. The van der Waals surface area contributed by atoms with Crippen LogP contribution in [0.4, 0.5) is 30.6 Å². The Labute approximate surface area is 457 Å². The number of hydrogen-bond donors (Lipinski definition) is 3. The molecule has 8 heterocycles. The van der Waals surface area contributed by atoms with Gasteiger partial charge in [-0.1, -0.05) is 0 Å². The van der Waals surface area contributed by atoms with Gasteiger partial charge in [-0.05, 0) is 68.1 Å². The summed E-state index contributed by atoms with van der Waals surface area (Å²) in [5.74, 6) is 2.69. The van der Waals surface area contributed by atoms with Gasteiger partial charge in [0.25, 0.3) is 11.8 Å². The van der Waals surface area contributed by atoms with E-state index in [9.17, 15) is 27.6 Å². The minimum atomic E-state index is -4.49. The van der Waals surface area contributed by atoms with Crippen molar-refractivity contribution in [3.8, 4) is 28.9 Å². The third-order valence-corrected chi connectivity index (χ3v) is 13.8. The zero-order valence-electron chi connectivity index (χ0n) is 44.4. The lowest BCUT2D eigenvalue weighted by molar-refractivity contribution is -0.154. The molecular weight excluding hydrogens is 1050 g/mol. The molecule has 6 aromatic rings. The molecule has 0 radical (unpaired) electrons. The van der Waals surface area contributed by atoms with Crippen LogP contribution in [0.1, 0.15) is 46.4 Å². The molecule has 80 heavy (non-hydrogen) atoms. The summed E-state index contributed by atoms with van der Waals surface area (Å²) in [6.07, 6.45) is 1.57. The Morgan fingerprint density at radius 3 is 1.60 bits per heavy atom. The van der Waals surface area contributed by atoms with E-state index in [0.29, 0.717) is 84.8 Å². The van der Waals surface area contributed by atoms with Crippen LogP contribution in [0.5, 0.6) is 28.9 Å². The number of alkyl halides is 3. The van der Waals surface area contributed by atoms with Crippen LogP contribution in [0.2, 0.25) is 0 Å². The summed E-state index contributed by atoms with van der Waals surface area (Å²) in [5, 5.41) is 11.1. The van der Waals surface area contributed by atoms with Crippen molar-refractivity contribution in [2.45, 2.75) is 44.9 Å². The zero-order valence-corrected chi connectivity index (χ0v) is 44.4. The Morgan fingerprint density at radius 1 is 0.662 bits per heavy atom. The lowest BCUT2D eigenvalue weighted by Gasteiger charge is -2.26. The van der Waals surface area contributed by atoms with Gasteiger partial charge < -0.3 is 49.1 Å². The van der Waals surface area contributed by atoms with E-state index in [4.69, 9.17) is 33.4 Å². The predicted octanol–water partition coefficient (Wildman–Crippen LogP) is 4.70. The second-order valence-electron chi connectivity index (χ2n) is 19.3. The summed E-state index contributed by atoms with van der Waals surface area (Å²) in [5.41, 5.74) is 1.84. The fraction of sp³-hybridized carbons (Fsp3) is 0.463. The average Bonchev–Trinajstić information content (AvgIpc) is 4.13. The average molecular weight is 1110 g/mol. The number of morpholine rings is 2. The molecule has 26 heteroatoms. The molecule has 4 aromatic heterocycles. The van der Waals surface area contributed by atoms with Crippen LogP contribution in [0.15, 0.2) is 70.9 Å². The second-order valence-corrected chi connectivity index (χ2v) is 19.3. The summed E-state index contributed by atoms with van der Waals surface area (Å²) in [7, 11) is 3.11. The first-order valence-corrected chi connectivity index (χ1v) is 26.6. The van der Waals surface area contributed by atoms with E-state index in [1.165, 1.54) is 25.4 Å². The number of aromatic nitrogens is 6. The summed E-state index contributed by atoms with van der Waals surface area (Å²) in [4.78, 5) is 68.7. The van der Waals surface area contributed by atoms with Crippen LogP contribution in [-0.4, -0.2) is 176 Å². The lowest BCUT2D eigenvalue weighted by atomic mass is 10.2. The predicted molar refractivity (Wildman–Crippen MR) is 285 cm³/mol. The number of pyridine rings is 2. The molecular formula is C54H62F3N13O10. The van der Waals surface area contributed by atoms with E-state index < -0.39 is 24.6 Å². The highest BCUT2D eigenvalue weighted by molar-refractivity contribution is 5.98. The third kappa shape index (κ3) is 13.5. The summed E-state index contributed by atoms with van der Waals surface area (Å²) < 4.78 is 79.8. The van der Waals surface area contributed by atoms with Crippen molar-refractivity contribution in [2.24, 2.45) is 15.9 Å². The van der Waals surface area contributed by atoms with Crippen molar-refractivity contribution in [2.75, 3.05) is 129 Å². The van der Waals surface area contributed by atoms with Crippen molar-refractivity contribution in [1.82, 2.24) is 38.9 Å². The Hall–Kier alpha value is -7.94. The maximum Gasteiger partial charge on any atom is 0.422 e. The van der Waals surface area contributed by atoms with E-state index in [-0.39, 0.29) is 34.5 Å². The molecule has 0 spiro atoms. The van der Waals surface area contributed by atoms with Crippen molar-refractivity contribution in [3.05, 3.63) is 83.3 Å². The fourth-order valence-electron chi connectivity index (χ4n) is 9.51. The molecule has 0 unspecified atom stereocenters. The first-order valence-electron chi connectivity index (χ1n) is 26.6. The van der Waals surface area contributed by atoms with E-state index in [0.717, 1.165) is 120 Å². The van der Waals surface area contributed by atoms with Gasteiger partial charge in [0.15, 0.2) is 29.6 Å². The van der Waals surface area contributed by atoms with Gasteiger partial charge in [0, 0.05) is 101 Å². The molecule has 0 atom stereocenters. The Bertz CT molecular complexity index is 3340. The highest BCUT2D eigenvalue weighted by Gasteiger charge is 2.31. The molecule has 1 saturated carbocycles. The van der Waals surface area contributed by atoms with Crippen LogP contribution in [0, 0.1) is 5.92 Å². The molecule has 11 rings (SSSR count). The van der Waals surface area contributed by atoms with Crippen molar-refractivity contribution in [1.29, 1.82) is 0 Å². The molecule has 2 aromatic carbocycles. The van der Waals surface area contributed by atoms with Gasteiger partial charge in [-0.3, -0.25) is 33.3 Å². The number of carbonyl (C=O) groups excluding carboxylic acids is 3. The van der Waals surface area contributed by atoms with Crippen LogP contribution in [-0.2, 0) is 27.4 Å². The summed E-state index contributed by atoms with van der Waals surface area (Å²) in [6, 6.07) is 13.3. The topological polar surface area (TPSA) is 245 Å².